The van der Waals surface area contributed by atoms with Crippen molar-refractivity contribution in [2.24, 2.45) is 0 Å². The van der Waals surface area contributed by atoms with Crippen LogP contribution in [0.1, 0.15) is 5.56 Å². The average Bonchev–Trinajstić information content (AvgIpc) is 2.60. The quantitative estimate of drug-likeness (QED) is 0.490. The number of carbonyl (C=O) groups is 1. The number of hydrogen-bond donors (Lipinski definition) is 1. The fraction of sp³-hybridized carbons (Fsp3) is 0.278. The molecule has 5 nitrogen and oxygen atoms in total. The maximum Gasteiger partial charge on any atom is 0.235 e. The highest BCUT2D eigenvalue weighted by atomic mass is 35.5. The fourth-order valence-electron chi connectivity index (χ4n) is 2.21. The lowest BCUT2D eigenvalue weighted by atomic mass is 10.2. The normalized spacial score (nSPS) is 11.6. The Balaban J connectivity index is 1.85. The molecular weight excluding hydrogens is 411 g/mol. The van der Waals surface area contributed by atoms with E-state index < -0.39 is 21.7 Å². The van der Waals surface area contributed by atoms with Crippen LogP contribution in [0.5, 0.6) is 0 Å². The summed E-state index contributed by atoms with van der Waals surface area (Å²) in [5.74, 6) is -0.320. The van der Waals surface area contributed by atoms with Gasteiger partial charge in [0.05, 0.1) is 12.8 Å². The number of hydrogen-bond acceptors (Lipinski definition) is 4. The van der Waals surface area contributed by atoms with Gasteiger partial charge in [-0.25, -0.2) is 12.8 Å². The SMILES string of the molecule is CS(=O)(=O)N(CC(=O)NCCSc1ccc(Cl)cc1)Cc1ccccc1F. The smallest absolute Gasteiger partial charge is 0.235 e. The number of sulfonamides is 1. The van der Waals surface area contributed by atoms with Gasteiger partial charge < -0.3 is 5.32 Å². The van der Waals surface area contributed by atoms with E-state index in [0.717, 1.165) is 15.5 Å². The van der Waals surface area contributed by atoms with Crippen LogP contribution in [-0.4, -0.2) is 43.7 Å². The Bertz CT molecular complexity index is 876. The zero-order valence-corrected chi connectivity index (χ0v) is 17.1. The van der Waals surface area contributed by atoms with Crippen LogP contribution in [-0.2, 0) is 21.4 Å². The van der Waals surface area contributed by atoms with Gasteiger partial charge in [0.15, 0.2) is 0 Å². The summed E-state index contributed by atoms with van der Waals surface area (Å²) in [6.07, 6.45) is 0.998. The average molecular weight is 431 g/mol. The van der Waals surface area contributed by atoms with Crippen LogP contribution in [0.25, 0.3) is 0 Å². The summed E-state index contributed by atoms with van der Waals surface area (Å²) in [6, 6.07) is 13.2. The largest absolute Gasteiger partial charge is 0.354 e. The molecule has 0 aliphatic rings. The highest BCUT2D eigenvalue weighted by Gasteiger charge is 2.21. The van der Waals surface area contributed by atoms with Crippen LogP contribution < -0.4 is 5.32 Å². The number of nitrogens with zero attached hydrogens (tertiary/aromatic N) is 1. The highest BCUT2D eigenvalue weighted by Crippen LogP contribution is 2.19. The molecule has 146 valence electrons. The van der Waals surface area contributed by atoms with E-state index >= 15 is 0 Å². The van der Waals surface area contributed by atoms with Crippen molar-refractivity contribution in [2.45, 2.75) is 11.4 Å². The molecule has 1 N–H and O–H groups in total. The second-order valence-corrected chi connectivity index (χ2v) is 9.36. The van der Waals surface area contributed by atoms with E-state index in [1.807, 2.05) is 12.1 Å². The van der Waals surface area contributed by atoms with Crippen molar-refractivity contribution in [3.05, 3.63) is 64.9 Å². The predicted octanol–water partition coefficient (Wildman–Crippen LogP) is 3.15. The van der Waals surface area contributed by atoms with Crippen molar-refractivity contribution < 1.29 is 17.6 Å². The molecule has 0 heterocycles. The standard InChI is InChI=1S/C18H20ClFN2O3S2/c1-27(24,25)22(12-14-4-2-3-5-17(14)20)13-18(23)21-10-11-26-16-8-6-15(19)7-9-16/h2-9H,10-13H2,1H3,(H,21,23). The fourth-order valence-corrected chi connectivity index (χ4v) is 3.83. The van der Waals surface area contributed by atoms with E-state index in [1.54, 1.807) is 30.0 Å². The Hall–Kier alpha value is -1.61. The topological polar surface area (TPSA) is 66.5 Å². The molecule has 0 bridgehead atoms. The third kappa shape index (κ3) is 7.50. The van der Waals surface area contributed by atoms with Gasteiger partial charge in [-0.2, -0.15) is 4.31 Å². The number of benzene rings is 2. The van der Waals surface area contributed by atoms with Crippen LogP contribution in [0.3, 0.4) is 0 Å². The first kappa shape index (κ1) is 21.7. The highest BCUT2D eigenvalue weighted by molar-refractivity contribution is 7.99. The summed E-state index contributed by atoms with van der Waals surface area (Å²) in [5.41, 5.74) is 0.217. The molecule has 9 heteroatoms. The van der Waals surface area contributed by atoms with Gasteiger partial charge in [0.2, 0.25) is 15.9 Å². The lowest BCUT2D eigenvalue weighted by molar-refractivity contribution is -0.121. The summed E-state index contributed by atoms with van der Waals surface area (Å²) in [4.78, 5) is 13.1. The van der Waals surface area contributed by atoms with Gasteiger partial charge in [-0.15, -0.1) is 11.8 Å². The molecule has 0 fully saturated rings. The second-order valence-electron chi connectivity index (χ2n) is 5.77. The summed E-state index contributed by atoms with van der Waals surface area (Å²) >= 11 is 7.37. The summed E-state index contributed by atoms with van der Waals surface area (Å²) in [7, 11) is -3.66. The minimum atomic E-state index is -3.66. The van der Waals surface area contributed by atoms with Gasteiger partial charge in [0, 0.05) is 34.3 Å². The first-order chi connectivity index (χ1) is 12.8. The molecule has 0 radical (unpaired) electrons. The summed E-state index contributed by atoms with van der Waals surface area (Å²) in [6.45, 7) is -0.180. The second kappa shape index (κ2) is 10.1. The van der Waals surface area contributed by atoms with Crippen molar-refractivity contribution in [1.29, 1.82) is 0 Å². The molecule has 0 saturated heterocycles. The van der Waals surface area contributed by atoms with Crippen LogP contribution >= 0.6 is 23.4 Å². The van der Waals surface area contributed by atoms with Crippen molar-refractivity contribution in [1.82, 2.24) is 9.62 Å². The van der Waals surface area contributed by atoms with Crippen LogP contribution in [0.2, 0.25) is 5.02 Å². The van der Waals surface area contributed by atoms with E-state index in [1.165, 1.54) is 18.2 Å². The Labute approximate surface area is 168 Å². The lowest BCUT2D eigenvalue weighted by Crippen LogP contribution is -2.40. The van der Waals surface area contributed by atoms with Crippen molar-refractivity contribution >= 4 is 39.3 Å². The molecule has 2 aromatic carbocycles. The molecule has 0 aliphatic heterocycles. The van der Waals surface area contributed by atoms with Gasteiger partial charge in [-0.1, -0.05) is 29.8 Å². The molecule has 0 atom stereocenters. The zero-order chi connectivity index (χ0) is 19.9. The van der Waals surface area contributed by atoms with Gasteiger partial charge in [0.25, 0.3) is 0 Å². The molecule has 1 amide bonds. The molecule has 0 saturated carbocycles. The maximum absolute atomic E-state index is 13.8. The zero-order valence-electron chi connectivity index (χ0n) is 14.7. The number of amides is 1. The molecule has 2 aromatic rings. The molecule has 0 unspecified atom stereocenters. The van der Waals surface area contributed by atoms with Crippen LogP contribution in [0.4, 0.5) is 4.39 Å². The molecule has 0 aliphatic carbocycles. The first-order valence-electron chi connectivity index (χ1n) is 8.09. The van der Waals surface area contributed by atoms with Crippen molar-refractivity contribution in [2.75, 3.05) is 25.1 Å². The molecule has 0 spiro atoms. The van der Waals surface area contributed by atoms with E-state index in [-0.39, 0.29) is 18.7 Å². The molecule has 27 heavy (non-hydrogen) atoms. The summed E-state index contributed by atoms with van der Waals surface area (Å²) < 4.78 is 38.6. The minimum absolute atomic E-state index is 0.196. The van der Waals surface area contributed by atoms with Crippen molar-refractivity contribution in [3.63, 3.8) is 0 Å². The summed E-state index contributed by atoms with van der Waals surface area (Å²) in [5, 5.41) is 3.34. The Morgan fingerprint density at radius 1 is 1.19 bits per heavy atom. The number of halogens is 2. The minimum Gasteiger partial charge on any atom is -0.354 e. The van der Waals surface area contributed by atoms with Gasteiger partial charge >= 0.3 is 0 Å². The number of thioether (sulfide) groups is 1. The molecule has 0 aromatic heterocycles. The third-order valence-electron chi connectivity index (χ3n) is 3.60. The lowest BCUT2D eigenvalue weighted by Gasteiger charge is -2.19. The van der Waals surface area contributed by atoms with Crippen LogP contribution in [0.15, 0.2) is 53.4 Å². The number of rotatable bonds is 9. The monoisotopic (exact) mass is 430 g/mol. The van der Waals surface area contributed by atoms with E-state index in [2.05, 4.69) is 5.32 Å². The first-order valence-corrected chi connectivity index (χ1v) is 11.3. The van der Waals surface area contributed by atoms with E-state index in [0.29, 0.717) is 17.3 Å². The molecule has 2 rings (SSSR count). The van der Waals surface area contributed by atoms with Crippen LogP contribution in [0, 0.1) is 5.82 Å². The van der Waals surface area contributed by atoms with Gasteiger partial charge in [0.1, 0.15) is 5.82 Å². The Morgan fingerprint density at radius 3 is 2.48 bits per heavy atom. The molecular formula is C18H20ClFN2O3S2. The number of nitrogens with one attached hydrogen (secondary N) is 1. The Morgan fingerprint density at radius 2 is 1.85 bits per heavy atom. The maximum atomic E-state index is 13.8. The predicted molar refractivity (Wildman–Crippen MR) is 107 cm³/mol. The van der Waals surface area contributed by atoms with Gasteiger partial charge in [-0.05, 0) is 30.3 Å². The van der Waals surface area contributed by atoms with E-state index in [9.17, 15) is 17.6 Å². The number of carbonyl (C=O) groups excluding carboxylic acids is 1. The van der Waals surface area contributed by atoms with Crippen molar-refractivity contribution in [3.8, 4) is 0 Å². The Kier molecular flexibility index (Phi) is 8.09. The third-order valence-corrected chi connectivity index (χ3v) is 6.06. The van der Waals surface area contributed by atoms with E-state index in [4.69, 9.17) is 11.6 Å². The van der Waals surface area contributed by atoms with Gasteiger partial charge in [-0.3, -0.25) is 4.79 Å².